The maximum Gasteiger partial charge on any atom is 0.278 e. The lowest BCUT2D eigenvalue weighted by Gasteiger charge is -2.35. The molecule has 0 bridgehead atoms. The average molecular weight is 330 g/mol. The lowest BCUT2D eigenvalue weighted by Crippen LogP contribution is -3.15. The van der Waals surface area contributed by atoms with Crippen LogP contribution in [0.3, 0.4) is 0 Å². The molecular formula is C19H28N3O2+. The number of piperazine rings is 1. The van der Waals surface area contributed by atoms with Crippen LogP contribution in [0.25, 0.3) is 0 Å². The summed E-state index contributed by atoms with van der Waals surface area (Å²) < 4.78 is 0. The van der Waals surface area contributed by atoms with Crippen LogP contribution < -0.4 is 4.90 Å². The first-order valence-corrected chi connectivity index (χ1v) is 8.99. The number of carbonyl (C=O) groups excluding carboxylic acids is 2. The van der Waals surface area contributed by atoms with Crippen LogP contribution >= 0.6 is 0 Å². The van der Waals surface area contributed by atoms with Crippen molar-refractivity contribution in [2.75, 3.05) is 39.8 Å². The van der Waals surface area contributed by atoms with Gasteiger partial charge in [0.2, 0.25) is 5.91 Å². The van der Waals surface area contributed by atoms with Gasteiger partial charge in [-0.3, -0.25) is 9.59 Å². The summed E-state index contributed by atoms with van der Waals surface area (Å²) in [5.41, 5.74) is 2.70. The number of carbonyl (C=O) groups is 2. The molecular weight excluding hydrogens is 302 g/mol. The minimum atomic E-state index is 0.135. The first-order chi connectivity index (χ1) is 11.6. The molecule has 0 saturated carbocycles. The molecule has 1 aliphatic heterocycles. The molecule has 5 nitrogen and oxygen atoms in total. The highest BCUT2D eigenvalue weighted by Crippen LogP contribution is 2.33. The van der Waals surface area contributed by atoms with E-state index in [9.17, 15) is 9.59 Å². The topological polar surface area (TPSA) is 45.1 Å². The summed E-state index contributed by atoms with van der Waals surface area (Å²) in [5, 5.41) is 0. The van der Waals surface area contributed by atoms with Crippen molar-refractivity contribution in [1.82, 2.24) is 9.80 Å². The number of fused-ring (bicyclic) bond motifs is 1. The summed E-state index contributed by atoms with van der Waals surface area (Å²) in [4.78, 5) is 29.3. The molecule has 1 N–H and O–H groups in total. The lowest BCUT2D eigenvalue weighted by molar-refractivity contribution is -0.896. The number of rotatable bonds is 3. The molecule has 24 heavy (non-hydrogen) atoms. The van der Waals surface area contributed by atoms with Gasteiger partial charge in [-0.25, -0.2) is 0 Å². The summed E-state index contributed by atoms with van der Waals surface area (Å²) in [6, 6.07) is 8.72. The number of likely N-dealkylation sites (N-methyl/N-ethyl adjacent to an activating group) is 1. The van der Waals surface area contributed by atoms with Crippen LogP contribution in [0.1, 0.15) is 36.9 Å². The number of nitrogens with one attached hydrogen (secondary N) is 1. The molecule has 0 spiro atoms. The predicted octanol–water partition coefficient (Wildman–Crippen LogP) is 0.269. The Labute approximate surface area is 144 Å². The van der Waals surface area contributed by atoms with Crippen LogP contribution in [0.2, 0.25) is 0 Å². The van der Waals surface area contributed by atoms with E-state index in [1.54, 1.807) is 6.92 Å². The number of hydrogen-bond acceptors (Lipinski definition) is 2. The molecule has 1 aromatic carbocycles. The molecule has 1 heterocycles. The first kappa shape index (κ1) is 17.0. The Morgan fingerprint density at radius 3 is 2.67 bits per heavy atom. The minimum absolute atomic E-state index is 0.135. The number of amides is 2. The summed E-state index contributed by atoms with van der Waals surface area (Å²) in [5.74, 6) is 0.347. The molecule has 3 rings (SSSR count). The standard InChI is InChI=1S/C19H27N3O2/c1-15(23)22-12-10-21(11-13-22)14-19(24)20(2)18-9-5-7-16-6-3-4-8-17(16)18/h3-4,6,8,18H,5,7,9-14H2,1-2H3/p+1/t18-/m0/s1. The smallest absolute Gasteiger partial charge is 0.278 e. The number of benzene rings is 1. The Bertz CT molecular complexity index is 608. The van der Waals surface area contributed by atoms with E-state index in [4.69, 9.17) is 0 Å². The minimum Gasteiger partial charge on any atom is -0.334 e. The summed E-state index contributed by atoms with van der Waals surface area (Å²) in [6.07, 6.45) is 3.31. The number of nitrogens with zero attached hydrogens (tertiary/aromatic N) is 2. The van der Waals surface area contributed by atoms with E-state index in [-0.39, 0.29) is 17.9 Å². The molecule has 2 amide bonds. The zero-order valence-corrected chi connectivity index (χ0v) is 14.8. The predicted molar refractivity (Wildman–Crippen MR) is 92.7 cm³/mol. The molecule has 2 aliphatic rings. The quantitative estimate of drug-likeness (QED) is 0.865. The van der Waals surface area contributed by atoms with Gasteiger partial charge in [0.1, 0.15) is 0 Å². The average Bonchev–Trinajstić information content (AvgIpc) is 2.61. The SMILES string of the molecule is CC(=O)N1CC[NH+](CC(=O)N(C)[C@H]2CCCc3ccccc32)CC1. The van der Waals surface area contributed by atoms with Crippen LogP contribution in [-0.2, 0) is 16.0 Å². The Morgan fingerprint density at radius 1 is 1.25 bits per heavy atom. The van der Waals surface area contributed by atoms with Crippen molar-refractivity contribution in [2.24, 2.45) is 0 Å². The van der Waals surface area contributed by atoms with Crippen LogP contribution in [0.15, 0.2) is 24.3 Å². The van der Waals surface area contributed by atoms with Gasteiger partial charge in [-0.05, 0) is 30.4 Å². The Hall–Kier alpha value is -1.88. The van der Waals surface area contributed by atoms with E-state index in [1.165, 1.54) is 16.0 Å². The van der Waals surface area contributed by atoms with Gasteiger partial charge in [0.15, 0.2) is 6.54 Å². The second-order valence-corrected chi connectivity index (χ2v) is 7.04. The van der Waals surface area contributed by atoms with Gasteiger partial charge < -0.3 is 14.7 Å². The van der Waals surface area contributed by atoms with Gasteiger partial charge in [0, 0.05) is 14.0 Å². The van der Waals surface area contributed by atoms with Crippen molar-refractivity contribution in [3.05, 3.63) is 35.4 Å². The van der Waals surface area contributed by atoms with Gasteiger partial charge in [0.05, 0.1) is 32.2 Å². The normalized spacial score (nSPS) is 21.2. The van der Waals surface area contributed by atoms with Crippen molar-refractivity contribution in [3.63, 3.8) is 0 Å². The van der Waals surface area contributed by atoms with Crippen LogP contribution in [0.4, 0.5) is 0 Å². The fraction of sp³-hybridized carbons (Fsp3) is 0.579. The fourth-order valence-corrected chi connectivity index (χ4v) is 3.96. The van der Waals surface area contributed by atoms with E-state index in [0.717, 1.165) is 45.4 Å². The molecule has 0 aromatic heterocycles. The Morgan fingerprint density at radius 2 is 1.96 bits per heavy atom. The van der Waals surface area contributed by atoms with E-state index < -0.39 is 0 Å². The third-order valence-electron chi connectivity index (χ3n) is 5.52. The van der Waals surface area contributed by atoms with Crippen LogP contribution in [0, 0.1) is 0 Å². The highest BCUT2D eigenvalue weighted by atomic mass is 16.2. The summed E-state index contributed by atoms with van der Waals surface area (Å²) in [6.45, 7) is 5.38. The van der Waals surface area contributed by atoms with Crippen molar-refractivity contribution in [2.45, 2.75) is 32.2 Å². The summed E-state index contributed by atoms with van der Waals surface area (Å²) >= 11 is 0. The highest BCUT2D eigenvalue weighted by molar-refractivity contribution is 5.77. The zero-order valence-electron chi connectivity index (χ0n) is 14.8. The maximum atomic E-state index is 12.8. The van der Waals surface area contributed by atoms with Crippen molar-refractivity contribution >= 4 is 11.8 Å². The number of quaternary nitrogens is 1. The van der Waals surface area contributed by atoms with Gasteiger partial charge in [-0.1, -0.05) is 24.3 Å². The Balaban J connectivity index is 1.59. The number of hydrogen-bond donors (Lipinski definition) is 1. The largest absolute Gasteiger partial charge is 0.334 e. The first-order valence-electron chi connectivity index (χ1n) is 8.99. The number of aryl methyl sites for hydroxylation is 1. The molecule has 1 fully saturated rings. The second kappa shape index (κ2) is 7.34. The van der Waals surface area contributed by atoms with Gasteiger partial charge in [-0.15, -0.1) is 0 Å². The molecule has 1 aliphatic carbocycles. The van der Waals surface area contributed by atoms with Gasteiger partial charge in [0.25, 0.3) is 5.91 Å². The van der Waals surface area contributed by atoms with Gasteiger partial charge in [-0.2, -0.15) is 0 Å². The van der Waals surface area contributed by atoms with Crippen LogP contribution in [0.5, 0.6) is 0 Å². The van der Waals surface area contributed by atoms with E-state index >= 15 is 0 Å². The molecule has 1 atom stereocenters. The monoisotopic (exact) mass is 330 g/mol. The summed E-state index contributed by atoms with van der Waals surface area (Å²) in [7, 11) is 1.94. The zero-order chi connectivity index (χ0) is 17.1. The Kier molecular flexibility index (Phi) is 5.19. The molecule has 130 valence electrons. The van der Waals surface area contributed by atoms with E-state index in [2.05, 4.69) is 24.3 Å². The van der Waals surface area contributed by atoms with Crippen LogP contribution in [-0.4, -0.2) is 61.4 Å². The van der Waals surface area contributed by atoms with Crippen molar-refractivity contribution in [1.29, 1.82) is 0 Å². The fourth-order valence-electron chi connectivity index (χ4n) is 3.96. The van der Waals surface area contributed by atoms with Crippen molar-refractivity contribution < 1.29 is 14.5 Å². The van der Waals surface area contributed by atoms with E-state index in [1.807, 2.05) is 16.8 Å². The third-order valence-corrected chi connectivity index (χ3v) is 5.52. The maximum absolute atomic E-state index is 12.8. The highest BCUT2D eigenvalue weighted by Gasteiger charge is 2.30. The van der Waals surface area contributed by atoms with E-state index in [0.29, 0.717) is 6.54 Å². The van der Waals surface area contributed by atoms with Gasteiger partial charge >= 0.3 is 0 Å². The molecule has 0 unspecified atom stereocenters. The lowest BCUT2D eigenvalue weighted by atomic mass is 9.87. The second-order valence-electron chi connectivity index (χ2n) is 7.04. The van der Waals surface area contributed by atoms with Crippen molar-refractivity contribution in [3.8, 4) is 0 Å². The third kappa shape index (κ3) is 3.61. The molecule has 0 radical (unpaired) electrons. The molecule has 1 aromatic rings. The molecule has 1 saturated heterocycles. The molecule has 5 heteroatoms.